The minimum atomic E-state index is -0.340. The lowest BCUT2D eigenvalue weighted by Crippen LogP contribution is -2.14. The van der Waals surface area contributed by atoms with Gasteiger partial charge in [-0.25, -0.2) is 4.98 Å². The van der Waals surface area contributed by atoms with Gasteiger partial charge in [-0.05, 0) is 36.8 Å². The number of nitrogens with two attached hydrogens (primary N) is 1. The number of carbonyl (C=O) groups is 1. The van der Waals surface area contributed by atoms with E-state index in [0.29, 0.717) is 16.5 Å². The van der Waals surface area contributed by atoms with E-state index in [0.717, 1.165) is 5.56 Å². The highest BCUT2D eigenvalue weighted by Gasteiger charge is 2.09. The second kappa shape index (κ2) is 5.06. The van der Waals surface area contributed by atoms with E-state index in [1.807, 2.05) is 13.0 Å². The summed E-state index contributed by atoms with van der Waals surface area (Å²) >= 11 is 6.03. The van der Waals surface area contributed by atoms with E-state index in [1.54, 1.807) is 30.3 Å². The number of nitrogens with one attached hydrogen (secondary N) is 1. The molecule has 0 atom stereocenters. The van der Waals surface area contributed by atoms with Crippen molar-refractivity contribution in [2.75, 3.05) is 11.1 Å². The SMILES string of the molecule is Cc1ccc(NC(=O)c2cccc(N)n2)c(Cl)c1. The number of aryl methyl sites for hydroxylation is 1. The van der Waals surface area contributed by atoms with E-state index < -0.39 is 0 Å². The van der Waals surface area contributed by atoms with Crippen molar-refractivity contribution in [3.63, 3.8) is 0 Å². The zero-order valence-corrected chi connectivity index (χ0v) is 10.5. The zero-order valence-electron chi connectivity index (χ0n) is 9.77. The van der Waals surface area contributed by atoms with Crippen LogP contribution in [0.5, 0.6) is 0 Å². The number of pyridine rings is 1. The highest BCUT2D eigenvalue weighted by Crippen LogP contribution is 2.23. The fraction of sp³-hybridized carbons (Fsp3) is 0.0769. The molecule has 4 nitrogen and oxygen atoms in total. The molecule has 1 aromatic carbocycles. The molecule has 1 aromatic heterocycles. The van der Waals surface area contributed by atoms with Crippen LogP contribution in [0.25, 0.3) is 0 Å². The van der Waals surface area contributed by atoms with Gasteiger partial charge in [0, 0.05) is 0 Å². The van der Waals surface area contributed by atoms with Crippen molar-refractivity contribution in [2.24, 2.45) is 0 Å². The van der Waals surface area contributed by atoms with Crippen LogP contribution in [0, 0.1) is 6.92 Å². The van der Waals surface area contributed by atoms with Crippen LogP contribution in [0.1, 0.15) is 16.1 Å². The molecule has 2 rings (SSSR count). The number of carbonyl (C=O) groups excluding carboxylic acids is 1. The molecule has 0 fully saturated rings. The van der Waals surface area contributed by atoms with Gasteiger partial charge in [0.1, 0.15) is 11.5 Å². The first kappa shape index (κ1) is 12.4. The summed E-state index contributed by atoms with van der Waals surface area (Å²) < 4.78 is 0. The van der Waals surface area contributed by atoms with Crippen LogP contribution in [-0.4, -0.2) is 10.9 Å². The molecular weight excluding hydrogens is 250 g/mol. The number of anilines is 2. The molecule has 0 unspecified atom stereocenters. The second-order valence-corrected chi connectivity index (χ2v) is 4.29. The van der Waals surface area contributed by atoms with E-state index in [-0.39, 0.29) is 11.6 Å². The number of nitrogens with zero attached hydrogens (tertiary/aromatic N) is 1. The third kappa shape index (κ3) is 2.78. The lowest BCUT2D eigenvalue weighted by atomic mass is 10.2. The maximum atomic E-state index is 11.9. The van der Waals surface area contributed by atoms with Gasteiger partial charge in [-0.3, -0.25) is 4.79 Å². The van der Waals surface area contributed by atoms with E-state index in [1.165, 1.54) is 0 Å². The lowest BCUT2D eigenvalue weighted by Gasteiger charge is -2.07. The number of halogens is 1. The molecule has 92 valence electrons. The molecule has 0 spiro atoms. The summed E-state index contributed by atoms with van der Waals surface area (Å²) in [6.07, 6.45) is 0. The Labute approximate surface area is 110 Å². The van der Waals surface area contributed by atoms with Crippen LogP contribution < -0.4 is 11.1 Å². The molecule has 18 heavy (non-hydrogen) atoms. The fourth-order valence-electron chi connectivity index (χ4n) is 1.49. The van der Waals surface area contributed by atoms with E-state index in [4.69, 9.17) is 17.3 Å². The maximum absolute atomic E-state index is 11.9. The number of aromatic nitrogens is 1. The first-order valence-electron chi connectivity index (χ1n) is 5.36. The van der Waals surface area contributed by atoms with Gasteiger partial charge in [-0.15, -0.1) is 0 Å². The maximum Gasteiger partial charge on any atom is 0.274 e. The van der Waals surface area contributed by atoms with Crippen molar-refractivity contribution >= 4 is 29.0 Å². The quantitative estimate of drug-likeness (QED) is 0.873. The summed E-state index contributed by atoms with van der Waals surface area (Å²) in [6.45, 7) is 1.93. The predicted molar refractivity (Wildman–Crippen MR) is 72.8 cm³/mol. The number of benzene rings is 1. The van der Waals surface area contributed by atoms with Gasteiger partial charge in [0.2, 0.25) is 0 Å². The highest BCUT2D eigenvalue weighted by molar-refractivity contribution is 6.34. The molecule has 0 saturated heterocycles. The molecule has 0 saturated carbocycles. The Balaban J connectivity index is 2.21. The summed E-state index contributed by atoms with van der Waals surface area (Å²) in [5.41, 5.74) is 7.36. The second-order valence-electron chi connectivity index (χ2n) is 3.89. The van der Waals surface area contributed by atoms with Crippen molar-refractivity contribution in [1.82, 2.24) is 4.98 Å². The Morgan fingerprint density at radius 3 is 2.78 bits per heavy atom. The number of nitrogen functional groups attached to an aromatic ring is 1. The summed E-state index contributed by atoms with van der Waals surface area (Å²) in [5, 5.41) is 3.18. The molecular formula is C13H12ClN3O. The molecule has 3 N–H and O–H groups in total. The molecule has 0 bridgehead atoms. The third-order valence-corrected chi connectivity index (χ3v) is 2.69. The third-order valence-electron chi connectivity index (χ3n) is 2.38. The summed E-state index contributed by atoms with van der Waals surface area (Å²) in [4.78, 5) is 15.9. The monoisotopic (exact) mass is 261 g/mol. The van der Waals surface area contributed by atoms with Crippen LogP contribution in [-0.2, 0) is 0 Å². The lowest BCUT2D eigenvalue weighted by molar-refractivity contribution is 0.102. The first-order valence-corrected chi connectivity index (χ1v) is 5.74. The van der Waals surface area contributed by atoms with E-state index >= 15 is 0 Å². The van der Waals surface area contributed by atoms with Crippen LogP contribution in [0.15, 0.2) is 36.4 Å². The van der Waals surface area contributed by atoms with Gasteiger partial charge < -0.3 is 11.1 Å². The average molecular weight is 262 g/mol. The highest BCUT2D eigenvalue weighted by atomic mass is 35.5. The van der Waals surface area contributed by atoms with Gasteiger partial charge in [-0.2, -0.15) is 0 Å². The molecule has 5 heteroatoms. The number of rotatable bonds is 2. The summed E-state index contributed by atoms with van der Waals surface area (Å²) in [6, 6.07) is 10.3. The minimum absolute atomic E-state index is 0.256. The summed E-state index contributed by atoms with van der Waals surface area (Å²) in [7, 11) is 0. The smallest absolute Gasteiger partial charge is 0.274 e. The van der Waals surface area contributed by atoms with Crippen molar-refractivity contribution < 1.29 is 4.79 Å². The number of amides is 1. The van der Waals surface area contributed by atoms with Crippen molar-refractivity contribution in [1.29, 1.82) is 0 Å². The van der Waals surface area contributed by atoms with Crippen molar-refractivity contribution in [2.45, 2.75) is 6.92 Å². The van der Waals surface area contributed by atoms with Crippen LogP contribution in [0.2, 0.25) is 5.02 Å². The van der Waals surface area contributed by atoms with Gasteiger partial charge in [0.25, 0.3) is 5.91 Å². The normalized spacial score (nSPS) is 10.1. The predicted octanol–water partition coefficient (Wildman–Crippen LogP) is 2.88. The standard InChI is InChI=1S/C13H12ClN3O/c1-8-5-6-10(9(14)7-8)17-13(18)11-3-2-4-12(15)16-11/h2-7H,1H3,(H2,15,16)(H,17,18). The van der Waals surface area contributed by atoms with E-state index in [9.17, 15) is 4.79 Å². The first-order chi connectivity index (χ1) is 8.56. The Hall–Kier alpha value is -2.07. The average Bonchev–Trinajstić information content (AvgIpc) is 2.32. The Kier molecular flexibility index (Phi) is 3.48. The molecule has 1 amide bonds. The zero-order chi connectivity index (χ0) is 13.1. The van der Waals surface area contributed by atoms with E-state index in [2.05, 4.69) is 10.3 Å². The Morgan fingerprint density at radius 1 is 1.33 bits per heavy atom. The van der Waals surface area contributed by atoms with Gasteiger partial charge in [-0.1, -0.05) is 23.7 Å². The van der Waals surface area contributed by atoms with Crippen molar-refractivity contribution in [3.05, 3.63) is 52.7 Å². The topological polar surface area (TPSA) is 68.0 Å². The van der Waals surface area contributed by atoms with Crippen LogP contribution in [0.3, 0.4) is 0 Å². The van der Waals surface area contributed by atoms with Gasteiger partial charge in [0.15, 0.2) is 0 Å². The fourth-order valence-corrected chi connectivity index (χ4v) is 1.77. The molecule has 0 aliphatic carbocycles. The molecule has 0 radical (unpaired) electrons. The van der Waals surface area contributed by atoms with Gasteiger partial charge in [0.05, 0.1) is 10.7 Å². The minimum Gasteiger partial charge on any atom is -0.384 e. The van der Waals surface area contributed by atoms with Crippen molar-refractivity contribution in [3.8, 4) is 0 Å². The number of hydrogen-bond acceptors (Lipinski definition) is 3. The Morgan fingerprint density at radius 2 is 2.11 bits per heavy atom. The molecule has 2 aromatic rings. The number of hydrogen-bond donors (Lipinski definition) is 2. The largest absolute Gasteiger partial charge is 0.384 e. The van der Waals surface area contributed by atoms with Crippen LogP contribution in [0.4, 0.5) is 11.5 Å². The molecule has 0 aliphatic rings. The molecule has 0 aliphatic heterocycles. The summed E-state index contributed by atoms with van der Waals surface area (Å²) in [5.74, 6) is -0.0364. The molecule has 1 heterocycles. The van der Waals surface area contributed by atoms with Crippen LogP contribution >= 0.6 is 11.6 Å². The van der Waals surface area contributed by atoms with Gasteiger partial charge >= 0.3 is 0 Å². The Bertz CT molecular complexity index is 599.